The zero-order chi connectivity index (χ0) is 15.5. The van der Waals surface area contributed by atoms with Crippen molar-refractivity contribution >= 4 is 26.0 Å². The van der Waals surface area contributed by atoms with Crippen LogP contribution in [0.3, 0.4) is 0 Å². The first-order chi connectivity index (χ1) is 9.90. The highest BCUT2D eigenvalue weighted by molar-refractivity contribution is 9.10. The van der Waals surface area contributed by atoms with Gasteiger partial charge in [0.25, 0.3) is 0 Å². The molecule has 0 bridgehead atoms. The lowest BCUT2D eigenvalue weighted by atomic mass is 10.1. The maximum Gasteiger partial charge on any atom is 0.240 e. The molecule has 0 fully saturated rings. The summed E-state index contributed by atoms with van der Waals surface area (Å²) in [6.45, 7) is 1.84. The highest BCUT2D eigenvalue weighted by Gasteiger charge is 2.14. The van der Waals surface area contributed by atoms with Crippen molar-refractivity contribution in [1.29, 1.82) is 0 Å². The van der Waals surface area contributed by atoms with Gasteiger partial charge in [-0.25, -0.2) is 13.1 Å². The van der Waals surface area contributed by atoms with Crippen LogP contribution in [0.5, 0.6) is 0 Å². The van der Waals surface area contributed by atoms with Crippen LogP contribution in [-0.4, -0.2) is 13.5 Å². The molecule has 0 aliphatic carbocycles. The van der Waals surface area contributed by atoms with Gasteiger partial charge in [0.1, 0.15) is 0 Å². The lowest BCUT2D eigenvalue weighted by molar-refractivity contribution is 0.199. The van der Waals surface area contributed by atoms with Gasteiger partial charge in [-0.2, -0.15) is 0 Å². The van der Waals surface area contributed by atoms with Crippen LogP contribution in [0.4, 0.5) is 0 Å². The van der Waals surface area contributed by atoms with E-state index < -0.39 is 16.1 Å². The summed E-state index contributed by atoms with van der Waals surface area (Å²) in [4.78, 5) is 0.180. The third kappa shape index (κ3) is 4.14. The highest BCUT2D eigenvalue weighted by atomic mass is 79.9. The maximum absolute atomic E-state index is 12.2. The van der Waals surface area contributed by atoms with E-state index in [2.05, 4.69) is 20.7 Å². The lowest BCUT2D eigenvalue weighted by Gasteiger charge is -2.09. The topological polar surface area (TPSA) is 66.4 Å². The Kier molecular flexibility index (Phi) is 5.16. The van der Waals surface area contributed by atoms with Gasteiger partial charge in [0, 0.05) is 11.0 Å². The second-order valence-corrected chi connectivity index (χ2v) is 7.28. The quantitative estimate of drug-likeness (QED) is 0.851. The van der Waals surface area contributed by atoms with Gasteiger partial charge in [0.15, 0.2) is 0 Å². The van der Waals surface area contributed by atoms with E-state index in [1.54, 1.807) is 19.1 Å². The molecule has 1 atom stereocenters. The molecule has 0 spiro atoms. The number of hydrogen-bond acceptors (Lipinski definition) is 3. The number of aliphatic hydroxyl groups excluding tert-OH is 1. The van der Waals surface area contributed by atoms with Crippen molar-refractivity contribution in [2.24, 2.45) is 0 Å². The largest absolute Gasteiger partial charge is 0.389 e. The monoisotopic (exact) mass is 369 g/mol. The number of benzene rings is 2. The number of nitrogens with one attached hydrogen (secondary N) is 1. The number of rotatable bonds is 5. The Balaban J connectivity index is 2.13. The van der Waals surface area contributed by atoms with Gasteiger partial charge in [0.05, 0.1) is 11.0 Å². The van der Waals surface area contributed by atoms with Gasteiger partial charge in [0.2, 0.25) is 10.0 Å². The minimum atomic E-state index is -3.57. The predicted molar refractivity (Wildman–Crippen MR) is 85.2 cm³/mol. The van der Waals surface area contributed by atoms with Crippen molar-refractivity contribution in [1.82, 2.24) is 4.72 Å². The van der Waals surface area contributed by atoms with E-state index in [-0.39, 0.29) is 11.4 Å². The minimum Gasteiger partial charge on any atom is -0.389 e. The van der Waals surface area contributed by atoms with E-state index in [4.69, 9.17) is 0 Å². The average molecular weight is 370 g/mol. The molecule has 0 radical (unpaired) electrons. The Morgan fingerprint density at radius 2 is 1.76 bits per heavy atom. The fourth-order valence-electron chi connectivity index (χ4n) is 1.82. The summed E-state index contributed by atoms with van der Waals surface area (Å²) in [5, 5.41) is 9.43. The molecule has 2 aromatic rings. The summed E-state index contributed by atoms with van der Waals surface area (Å²) in [7, 11) is -3.57. The molecule has 2 rings (SSSR count). The van der Waals surface area contributed by atoms with Gasteiger partial charge in [-0.05, 0) is 36.2 Å². The normalized spacial score (nSPS) is 13.1. The van der Waals surface area contributed by atoms with Crippen LogP contribution in [0.25, 0.3) is 0 Å². The smallest absolute Gasteiger partial charge is 0.240 e. The molecule has 6 heteroatoms. The number of sulfonamides is 1. The van der Waals surface area contributed by atoms with Crippen LogP contribution >= 0.6 is 15.9 Å². The molecular formula is C15H16BrNO3S. The van der Waals surface area contributed by atoms with Crippen LogP contribution < -0.4 is 4.72 Å². The summed E-state index contributed by atoms with van der Waals surface area (Å²) in [5.74, 6) is 0. The van der Waals surface area contributed by atoms with Crippen molar-refractivity contribution in [2.45, 2.75) is 24.5 Å². The van der Waals surface area contributed by atoms with Gasteiger partial charge in [-0.1, -0.05) is 46.3 Å². The Hall–Kier alpha value is -1.21. The van der Waals surface area contributed by atoms with Crippen LogP contribution in [0.1, 0.15) is 24.2 Å². The Bertz CT molecular complexity index is 712. The molecule has 0 amide bonds. The van der Waals surface area contributed by atoms with E-state index in [0.717, 1.165) is 10.0 Å². The van der Waals surface area contributed by atoms with Gasteiger partial charge in [-0.3, -0.25) is 0 Å². The zero-order valence-corrected chi connectivity index (χ0v) is 13.9. The molecule has 0 aliphatic rings. The molecule has 4 nitrogen and oxygen atoms in total. The molecule has 1 unspecified atom stereocenters. The minimum absolute atomic E-state index is 0.180. The third-order valence-electron chi connectivity index (χ3n) is 3.08. The second kappa shape index (κ2) is 6.70. The van der Waals surface area contributed by atoms with Crippen molar-refractivity contribution < 1.29 is 13.5 Å². The molecule has 2 aromatic carbocycles. The molecular weight excluding hydrogens is 354 g/mol. The van der Waals surface area contributed by atoms with E-state index in [9.17, 15) is 13.5 Å². The number of hydrogen-bond donors (Lipinski definition) is 2. The second-order valence-electron chi connectivity index (χ2n) is 4.66. The average Bonchev–Trinajstić information content (AvgIpc) is 2.46. The maximum atomic E-state index is 12.2. The fourth-order valence-corrected chi connectivity index (χ4v) is 3.25. The SMILES string of the molecule is CC(O)c1ccc(S(=O)(=O)NCc2ccccc2Br)cc1. The summed E-state index contributed by atoms with van der Waals surface area (Å²) >= 11 is 3.38. The number of halogens is 1. The van der Waals surface area contributed by atoms with E-state index in [1.165, 1.54) is 12.1 Å². The van der Waals surface area contributed by atoms with E-state index >= 15 is 0 Å². The van der Waals surface area contributed by atoms with Crippen molar-refractivity contribution in [3.63, 3.8) is 0 Å². The van der Waals surface area contributed by atoms with Crippen LogP contribution in [0.15, 0.2) is 57.9 Å². The first kappa shape index (κ1) is 16.2. The summed E-state index contributed by atoms with van der Waals surface area (Å²) in [6, 6.07) is 13.6. The van der Waals surface area contributed by atoms with Crippen molar-refractivity contribution in [3.8, 4) is 0 Å². The van der Waals surface area contributed by atoms with Crippen LogP contribution in [0.2, 0.25) is 0 Å². The molecule has 2 N–H and O–H groups in total. The van der Waals surface area contributed by atoms with Crippen LogP contribution in [0, 0.1) is 0 Å². The standard InChI is InChI=1S/C15H16BrNO3S/c1-11(18)12-6-8-14(9-7-12)21(19,20)17-10-13-4-2-3-5-15(13)16/h2-9,11,17-18H,10H2,1H3. The van der Waals surface area contributed by atoms with Crippen LogP contribution in [-0.2, 0) is 16.6 Å². The van der Waals surface area contributed by atoms with Crippen molar-refractivity contribution in [2.75, 3.05) is 0 Å². The molecule has 0 aromatic heterocycles. The molecule has 21 heavy (non-hydrogen) atoms. The molecule has 0 aliphatic heterocycles. The summed E-state index contributed by atoms with van der Waals surface area (Å²) < 4.78 is 27.8. The molecule has 0 heterocycles. The summed E-state index contributed by atoms with van der Waals surface area (Å²) in [6.07, 6.45) is -0.616. The Morgan fingerprint density at radius 3 is 2.33 bits per heavy atom. The van der Waals surface area contributed by atoms with E-state index in [0.29, 0.717) is 5.56 Å². The molecule has 112 valence electrons. The molecule has 0 saturated heterocycles. The lowest BCUT2D eigenvalue weighted by Crippen LogP contribution is -2.23. The first-order valence-electron chi connectivity index (χ1n) is 6.41. The van der Waals surface area contributed by atoms with Gasteiger partial charge >= 0.3 is 0 Å². The Labute approximate surface area is 133 Å². The number of aliphatic hydroxyl groups is 1. The Morgan fingerprint density at radius 1 is 1.14 bits per heavy atom. The van der Waals surface area contributed by atoms with Gasteiger partial charge < -0.3 is 5.11 Å². The first-order valence-corrected chi connectivity index (χ1v) is 8.69. The third-order valence-corrected chi connectivity index (χ3v) is 5.27. The predicted octanol–water partition coefficient (Wildman–Crippen LogP) is 2.98. The zero-order valence-electron chi connectivity index (χ0n) is 11.5. The van der Waals surface area contributed by atoms with Gasteiger partial charge in [-0.15, -0.1) is 0 Å². The highest BCUT2D eigenvalue weighted by Crippen LogP contribution is 2.18. The summed E-state index contributed by atoms with van der Waals surface area (Å²) in [5.41, 5.74) is 1.54. The van der Waals surface area contributed by atoms with E-state index in [1.807, 2.05) is 24.3 Å². The fraction of sp³-hybridized carbons (Fsp3) is 0.200. The molecule has 0 saturated carbocycles. The van der Waals surface area contributed by atoms with Crippen molar-refractivity contribution in [3.05, 3.63) is 64.1 Å².